The molecule has 5 nitrogen and oxygen atoms in total. The lowest BCUT2D eigenvalue weighted by Crippen LogP contribution is -2.30. The standard InChI is InChI=1S/C13H26N2O3/c1-17-7-3-6-15-13(16)10-18-9-12-5-2-4-11(12)8-14/h11-12H,2-10,14H2,1H3,(H,15,16). The van der Waals surface area contributed by atoms with Gasteiger partial charge in [-0.15, -0.1) is 0 Å². The normalized spacial score (nSPS) is 23.2. The summed E-state index contributed by atoms with van der Waals surface area (Å²) < 4.78 is 10.4. The molecular weight excluding hydrogens is 232 g/mol. The van der Waals surface area contributed by atoms with Crippen molar-refractivity contribution >= 4 is 5.91 Å². The predicted molar refractivity (Wildman–Crippen MR) is 70.2 cm³/mol. The highest BCUT2D eigenvalue weighted by Crippen LogP contribution is 2.30. The van der Waals surface area contributed by atoms with Crippen LogP contribution < -0.4 is 11.1 Å². The van der Waals surface area contributed by atoms with Crippen LogP contribution in [-0.2, 0) is 14.3 Å². The second-order valence-corrected chi connectivity index (χ2v) is 4.90. The van der Waals surface area contributed by atoms with E-state index in [0.29, 0.717) is 31.6 Å². The highest BCUT2D eigenvalue weighted by molar-refractivity contribution is 5.77. The van der Waals surface area contributed by atoms with Gasteiger partial charge >= 0.3 is 0 Å². The topological polar surface area (TPSA) is 73.6 Å². The van der Waals surface area contributed by atoms with E-state index in [1.165, 1.54) is 19.3 Å². The lowest BCUT2D eigenvalue weighted by atomic mass is 9.97. The van der Waals surface area contributed by atoms with E-state index < -0.39 is 0 Å². The van der Waals surface area contributed by atoms with Crippen LogP contribution in [0.3, 0.4) is 0 Å². The molecule has 0 aromatic heterocycles. The van der Waals surface area contributed by atoms with Crippen molar-refractivity contribution in [3.05, 3.63) is 0 Å². The van der Waals surface area contributed by atoms with Crippen LogP contribution in [0.5, 0.6) is 0 Å². The van der Waals surface area contributed by atoms with E-state index in [-0.39, 0.29) is 12.5 Å². The molecule has 5 heteroatoms. The fourth-order valence-electron chi connectivity index (χ4n) is 2.44. The summed E-state index contributed by atoms with van der Waals surface area (Å²) in [6.45, 7) is 2.86. The third-order valence-electron chi connectivity index (χ3n) is 3.53. The van der Waals surface area contributed by atoms with E-state index >= 15 is 0 Å². The molecule has 1 amide bonds. The Labute approximate surface area is 109 Å². The van der Waals surface area contributed by atoms with E-state index in [1.807, 2.05) is 0 Å². The van der Waals surface area contributed by atoms with Gasteiger partial charge in [-0.2, -0.15) is 0 Å². The number of carbonyl (C=O) groups is 1. The molecule has 1 rings (SSSR count). The van der Waals surface area contributed by atoms with Crippen molar-refractivity contribution in [3.8, 4) is 0 Å². The van der Waals surface area contributed by atoms with Crippen LogP contribution in [0.15, 0.2) is 0 Å². The largest absolute Gasteiger partial charge is 0.385 e. The maximum atomic E-state index is 11.4. The molecule has 0 aromatic carbocycles. The highest BCUT2D eigenvalue weighted by Gasteiger charge is 2.26. The van der Waals surface area contributed by atoms with Gasteiger partial charge in [0.2, 0.25) is 5.91 Å². The van der Waals surface area contributed by atoms with Gasteiger partial charge in [0.05, 0.1) is 6.61 Å². The Hall–Kier alpha value is -0.650. The van der Waals surface area contributed by atoms with E-state index in [1.54, 1.807) is 7.11 Å². The van der Waals surface area contributed by atoms with E-state index in [9.17, 15) is 4.79 Å². The fraction of sp³-hybridized carbons (Fsp3) is 0.923. The number of hydrogen-bond acceptors (Lipinski definition) is 4. The van der Waals surface area contributed by atoms with Gasteiger partial charge in [-0.05, 0) is 37.6 Å². The first-order chi connectivity index (χ1) is 8.77. The molecule has 3 N–H and O–H groups in total. The molecule has 0 heterocycles. The van der Waals surface area contributed by atoms with Crippen molar-refractivity contribution < 1.29 is 14.3 Å². The molecule has 0 spiro atoms. The van der Waals surface area contributed by atoms with Gasteiger partial charge in [0.25, 0.3) is 0 Å². The molecule has 1 aliphatic rings. The van der Waals surface area contributed by atoms with Crippen LogP contribution in [0.4, 0.5) is 0 Å². The van der Waals surface area contributed by atoms with Gasteiger partial charge in [0.15, 0.2) is 0 Å². The van der Waals surface area contributed by atoms with E-state index in [4.69, 9.17) is 15.2 Å². The molecule has 2 atom stereocenters. The van der Waals surface area contributed by atoms with Gasteiger partial charge in [-0.1, -0.05) is 6.42 Å². The van der Waals surface area contributed by atoms with Gasteiger partial charge in [0, 0.05) is 20.3 Å². The van der Waals surface area contributed by atoms with Gasteiger partial charge < -0.3 is 20.5 Å². The smallest absolute Gasteiger partial charge is 0.245 e. The van der Waals surface area contributed by atoms with Gasteiger partial charge in [0.1, 0.15) is 6.61 Å². The van der Waals surface area contributed by atoms with Gasteiger partial charge in [-0.3, -0.25) is 4.79 Å². The summed E-state index contributed by atoms with van der Waals surface area (Å²) in [5.74, 6) is 1.07. The lowest BCUT2D eigenvalue weighted by molar-refractivity contribution is -0.126. The van der Waals surface area contributed by atoms with Crippen LogP contribution in [-0.4, -0.2) is 45.9 Å². The quantitative estimate of drug-likeness (QED) is 0.592. The Morgan fingerprint density at radius 3 is 2.89 bits per heavy atom. The molecule has 0 radical (unpaired) electrons. The van der Waals surface area contributed by atoms with Crippen LogP contribution in [0, 0.1) is 11.8 Å². The molecule has 18 heavy (non-hydrogen) atoms. The van der Waals surface area contributed by atoms with Crippen molar-refractivity contribution in [2.24, 2.45) is 17.6 Å². The Morgan fingerprint density at radius 2 is 2.17 bits per heavy atom. The average molecular weight is 258 g/mol. The summed E-state index contributed by atoms with van der Waals surface area (Å²) >= 11 is 0. The maximum absolute atomic E-state index is 11.4. The number of rotatable bonds is 9. The molecular formula is C13H26N2O3. The van der Waals surface area contributed by atoms with Crippen LogP contribution in [0.25, 0.3) is 0 Å². The van der Waals surface area contributed by atoms with E-state index in [2.05, 4.69) is 5.32 Å². The van der Waals surface area contributed by atoms with Crippen molar-refractivity contribution in [1.82, 2.24) is 5.32 Å². The predicted octanol–water partition coefficient (Wildman–Crippen LogP) is 0.531. The molecule has 2 unspecified atom stereocenters. The third-order valence-corrected chi connectivity index (χ3v) is 3.53. The number of methoxy groups -OCH3 is 1. The third kappa shape index (κ3) is 5.80. The number of nitrogens with one attached hydrogen (secondary N) is 1. The molecule has 106 valence electrons. The molecule has 0 aromatic rings. The monoisotopic (exact) mass is 258 g/mol. The summed E-state index contributed by atoms with van der Waals surface area (Å²) in [5, 5.41) is 2.80. The van der Waals surface area contributed by atoms with Crippen LogP contribution in [0.2, 0.25) is 0 Å². The number of ether oxygens (including phenoxy) is 2. The summed E-state index contributed by atoms with van der Waals surface area (Å²) in [6, 6.07) is 0. The van der Waals surface area contributed by atoms with Crippen molar-refractivity contribution in [2.75, 3.05) is 40.0 Å². The molecule has 1 saturated carbocycles. The lowest BCUT2D eigenvalue weighted by Gasteiger charge is -2.17. The number of nitrogens with two attached hydrogens (primary N) is 1. The Balaban J connectivity index is 2.01. The molecule has 0 aliphatic heterocycles. The number of hydrogen-bond donors (Lipinski definition) is 2. The fourth-order valence-corrected chi connectivity index (χ4v) is 2.44. The molecule has 1 aliphatic carbocycles. The average Bonchev–Trinajstić information content (AvgIpc) is 2.82. The Morgan fingerprint density at radius 1 is 1.39 bits per heavy atom. The Kier molecular flexibility index (Phi) is 7.96. The molecule has 0 saturated heterocycles. The van der Waals surface area contributed by atoms with E-state index in [0.717, 1.165) is 13.0 Å². The second kappa shape index (κ2) is 9.30. The van der Waals surface area contributed by atoms with Crippen LogP contribution in [0.1, 0.15) is 25.7 Å². The minimum Gasteiger partial charge on any atom is -0.385 e. The van der Waals surface area contributed by atoms with Crippen molar-refractivity contribution in [3.63, 3.8) is 0 Å². The summed E-state index contributed by atoms with van der Waals surface area (Å²) in [4.78, 5) is 11.4. The van der Waals surface area contributed by atoms with Gasteiger partial charge in [-0.25, -0.2) is 0 Å². The van der Waals surface area contributed by atoms with Crippen molar-refractivity contribution in [1.29, 1.82) is 0 Å². The SMILES string of the molecule is COCCCNC(=O)COCC1CCCC1CN. The number of carbonyl (C=O) groups excluding carboxylic acids is 1. The summed E-state index contributed by atoms with van der Waals surface area (Å²) in [6.07, 6.45) is 4.45. The first-order valence-corrected chi connectivity index (χ1v) is 6.81. The highest BCUT2D eigenvalue weighted by atomic mass is 16.5. The summed E-state index contributed by atoms with van der Waals surface area (Å²) in [5.41, 5.74) is 5.70. The zero-order valence-corrected chi connectivity index (χ0v) is 11.3. The Bertz CT molecular complexity index is 236. The van der Waals surface area contributed by atoms with Crippen molar-refractivity contribution in [2.45, 2.75) is 25.7 Å². The maximum Gasteiger partial charge on any atom is 0.245 e. The second-order valence-electron chi connectivity index (χ2n) is 4.90. The first-order valence-electron chi connectivity index (χ1n) is 6.81. The minimum atomic E-state index is -0.0478. The molecule has 1 fully saturated rings. The minimum absolute atomic E-state index is 0.0478. The first kappa shape index (κ1) is 15.4. The summed E-state index contributed by atoms with van der Waals surface area (Å²) in [7, 11) is 1.65. The molecule has 0 bridgehead atoms. The number of amides is 1. The van der Waals surface area contributed by atoms with Crippen LogP contribution >= 0.6 is 0 Å². The zero-order valence-electron chi connectivity index (χ0n) is 11.3. The zero-order chi connectivity index (χ0) is 13.2.